The van der Waals surface area contributed by atoms with Crippen molar-refractivity contribution in [2.24, 2.45) is 5.73 Å². The van der Waals surface area contributed by atoms with Crippen molar-refractivity contribution < 1.29 is 4.92 Å². The molecule has 0 fully saturated rings. The predicted octanol–water partition coefficient (Wildman–Crippen LogP) is 2.40. The molecule has 6 heteroatoms. The Balaban J connectivity index is 2.71. The molecule has 5 nitrogen and oxygen atoms in total. The number of para-hydroxylation sites is 1. The summed E-state index contributed by atoms with van der Waals surface area (Å²) in [5.41, 5.74) is 5.73. The number of hydrogen-bond acceptors (Lipinski definition) is 4. The number of anilines is 1. The van der Waals surface area contributed by atoms with E-state index in [2.05, 4.69) is 5.32 Å². The van der Waals surface area contributed by atoms with Crippen LogP contribution in [0.4, 0.5) is 11.4 Å². The fourth-order valence-corrected chi connectivity index (χ4v) is 1.58. The minimum atomic E-state index is -0.479. The quantitative estimate of drug-likeness (QED) is 0.457. The van der Waals surface area contributed by atoms with Crippen LogP contribution in [0.3, 0.4) is 0 Å². The van der Waals surface area contributed by atoms with Gasteiger partial charge in [-0.2, -0.15) is 0 Å². The van der Waals surface area contributed by atoms with E-state index in [1.54, 1.807) is 12.1 Å². The maximum atomic E-state index is 10.8. The average molecular weight is 244 g/mol. The fraction of sp³-hybridized carbons (Fsp3) is 0.400. The normalized spacial score (nSPS) is 10.1. The molecule has 1 rings (SSSR count). The first-order valence-corrected chi connectivity index (χ1v) is 5.41. The maximum absolute atomic E-state index is 10.8. The van der Waals surface area contributed by atoms with Crippen LogP contribution in [0.2, 0.25) is 5.02 Å². The van der Waals surface area contributed by atoms with Crippen LogP contribution in [-0.4, -0.2) is 18.0 Å². The molecular weight excluding hydrogens is 230 g/mol. The highest BCUT2D eigenvalue weighted by Crippen LogP contribution is 2.32. The van der Waals surface area contributed by atoms with Crippen LogP contribution in [-0.2, 0) is 0 Å². The lowest BCUT2D eigenvalue weighted by Gasteiger charge is -2.07. The zero-order chi connectivity index (χ0) is 12.0. The Morgan fingerprint density at radius 1 is 1.44 bits per heavy atom. The van der Waals surface area contributed by atoms with Crippen LogP contribution in [0.25, 0.3) is 0 Å². The van der Waals surface area contributed by atoms with Gasteiger partial charge >= 0.3 is 5.69 Å². The smallest absolute Gasteiger partial charge is 0.310 e. The Morgan fingerprint density at radius 2 is 2.19 bits per heavy atom. The molecule has 0 amide bonds. The highest BCUT2D eigenvalue weighted by Gasteiger charge is 2.17. The molecule has 0 bridgehead atoms. The first-order valence-electron chi connectivity index (χ1n) is 5.03. The monoisotopic (exact) mass is 243 g/mol. The standard InChI is InChI=1S/C10H14ClN3O2/c11-8-4-3-5-9(10(8)14(15)16)13-7-2-1-6-12/h3-5,13H,1-2,6-7,12H2. The van der Waals surface area contributed by atoms with Gasteiger partial charge in [-0.15, -0.1) is 0 Å². The molecular formula is C10H14ClN3O2. The SMILES string of the molecule is NCCCCNc1cccc(Cl)c1[N+](=O)[O-]. The van der Waals surface area contributed by atoms with E-state index in [-0.39, 0.29) is 10.7 Å². The Kier molecular flexibility index (Phi) is 5.01. The van der Waals surface area contributed by atoms with Gasteiger partial charge < -0.3 is 11.1 Å². The van der Waals surface area contributed by atoms with Gasteiger partial charge in [0.2, 0.25) is 0 Å². The van der Waals surface area contributed by atoms with Crippen molar-refractivity contribution in [1.29, 1.82) is 0 Å². The van der Waals surface area contributed by atoms with E-state index >= 15 is 0 Å². The second kappa shape index (κ2) is 6.30. The number of rotatable bonds is 6. The third-order valence-electron chi connectivity index (χ3n) is 2.12. The first kappa shape index (κ1) is 12.7. The first-order chi connectivity index (χ1) is 7.66. The Hall–Kier alpha value is -1.33. The van der Waals surface area contributed by atoms with E-state index < -0.39 is 4.92 Å². The lowest BCUT2D eigenvalue weighted by Crippen LogP contribution is -2.07. The molecule has 88 valence electrons. The number of unbranched alkanes of at least 4 members (excludes halogenated alkanes) is 1. The van der Waals surface area contributed by atoms with Gasteiger partial charge in [-0.25, -0.2) is 0 Å². The van der Waals surface area contributed by atoms with Crippen LogP contribution >= 0.6 is 11.6 Å². The molecule has 0 saturated heterocycles. The summed E-state index contributed by atoms with van der Waals surface area (Å²) in [5, 5.41) is 13.9. The molecule has 0 heterocycles. The number of nitrogens with zero attached hydrogens (tertiary/aromatic N) is 1. The van der Waals surface area contributed by atoms with Gasteiger partial charge in [0.05, 0.1) is 4.92 Å². The average Bonchev–Trinajstić information content (AvgIpc) is 2.24. The molecule has 3 N–H and O–H groups in total. The number of nitrogens with one attached hydrogen (secondary N) is 1. The van der Waals surface area contributed by atoms with Gasteiger partial charge in [0.1, 0.15) is 10.7 Å². The highest BCUT2D eigenvalue weighted by atomic mass is 35.5. The van der Waals surface area contributed by atoms with Gasteiger partial charge in [0.25, 0.3) is 0 Å². The van der Waals surface area contributed by atoms with Gasteiger partial charge in [-0.05, 0) is 31.5 Å². The molecule has 0 aliphatic rings. The molecule has 0 aliphatic carbocycles. The maximum Gasteiger partial charge on any atom is 0.310 e. The fourth-order valence-electron chi connectivity index (χ4n) is 1.34. The molecule has 1 aromatic rings. The zero-order valence-electron chi connectivity index (χ0n) is 8.78. The predicted molar refractivity (Wildman–Crippen MR) is 64.9 cm³/mol. The third kappa shape index (κ3) is 3.36. The van der Waals surface area contributed by atoms with Crippen molar-refractivity contribution in [1.82, 2.24) is 0 Å². The largest absolute Gasteiger partial charge is 0.379 e. The van der Waals surface area contributed by atoms with Crippen LogP contribution in [0.5, 0.6) is 0 Å². The van der Waals surface area contributed by atoms with Crippen LogP contribution < -0.4 is 11.1 Å². The Morgan fingerprint density at radius 3 is 2.81 bits per heavy atom. The van der Waals surface area contributed by atoms with E-state index in [9.17, 15) is 10.1 Å². The Bertz CT molecular complexity index is 371. The summed E-state index contributed by atoms with van der Waals surface area (Å²) in [5.74, 6) is 0. The van der Waals surface area contributed by atoms with Crippen molar-refractivity contribution in [3.05, 3.63) is 33.3 Å². The van der Waals surface area contributed by atoms with Crippen LogP contribution in [0, 0.1) is 10.1 Å². The summed E-state index contributed by atoms with van der Waals surface area (Å²) < 4.78 is 0. The summed E-state index contributed by atoms with van der Waals surface area (Å²) in [6, 6.07) is 4.83. The third-order valence-corrected chi connectivity index (χ3v) is 2.42. The number of halogens is 1. The summed E-state index contributed by atoms with van der Waals surface area (Å²) >= 11 is 5.76. The van der Waals surface area contributed by atoms with E-state index in [1.807, 2.05) is 0 Å². The molecule has 0 unspecified atom stereocenters. The Labute approximate surface area is 98.7 Å². The molecule has 0 spiro atoms. The summed E-state index contributed by atoms with van der Waals surface area (Å²) in [7, 11) is 0. The van der Waals surface area contributed by atoms with Crippen molar-refractivity contribution >= 4 is 23.0 Å². The van der Waals surface area contributed by atoms with Gasteiger partial charge in [-0.1, -0.05) is 17.7 Å². The zero-order valence-corrected chi connectivity index (χ0v) is 9.54. The minimum Gasteiger partial charge on any atom is -0.379 e. The van der Waals surface area contributed by atoms with E-state index in [1.165, 1.54) is 6.07 Å². The van der Waals surface area contributed by atoms with Crippen molar-refractivity contribution in [3.8, 4) is 0 Å². The van der Waals surface area contributed by atoms with Gasteiger partial charge in [0, 0.05) is 6.54 Å². The van der Waals surface area contributed by atoms with E-state index in [4.69, 9.17) is 17.3 Å². The van der Waals surface area contributed by atoms with Crippen molar-refractivity contribution in [2.45, 2.75) is 12.8 Å². The number of nitrogens with two attached hydrogens (primary N) is 1. The van der Waals surface area contributed by atoms with Crippen molar-refractivity contribution in [2.75, 3.05) is 18.4 Å². The number of hydrogen-bond donors (Lipinski definition) is 2. The molecule has 1 aromatic carbocycles. The molecule has 0 saturated carbocycles. The van der Waals surface area contributed by atoms with E-state index in [0.29, 0.717) is 18.8 Å². The lowest BCUT2D eigenvalue weighted by atomic mass is 10.2. The number of benzene rings is 1. The second-order valence-electron chi connectivity index (χ2n) is 3.32. The molecule has 0 aromatic heterocycles. The van der Waals surface area contributed by atoms with Crippen LogP contribution in [0.15, 0.2) is 18.2 Å². The molecule has 0 radical (unpaired) electrons. The minimum absolute atomic E-state index is 0.0723. The molecule has 0 atom stereocenters. The summed E-state index contributed by atoms with van der Waals surface area (Å²) in [4.78, 5) is 10.3. The highest BCUT2D eigenvalue weighted by molar-refractivity contribution is 6.33. The van der Waals surface area contributed by atoms with Crippen molar-refractivity contribution in [3.63, 3.8) is 0 Å². The van der Waals surface area contributed by atoms with Gasteiger partial charge in [-0.3, -0.25) is 10.1 Å². The van der Waals surface area contributed by atoms with Crippen LogP contribution in [0.1, 0.15) is 12.8 Å². The molecule has 16 heavy (non-hydrogen) atoms. The second-order valence-corrected chi connectivity index (χ2v) is 3.72. The van der Waals surface area contributed by atoms with Gasteiger partial charge in [0.15, 0.2) is 0 Å². The number of nitro benzene ring substituents is 1. The number of nitro groups is 1. The lowest BCUT2D eigenvalue weighted by molar-refractivity contribution is -0.383. The summed E-state index contributed by atoms with van der Waals surface area (Å²) in [6.45, 7) is 1.28. The summed E-state index contributed by atoms with van der Waals surface area (Å²) in [6.07, 6.45) is 1.77. The van der Waals surface area contributed by atoms with E-state index in [0.717, 1.165) is 12.8 Å². The topological polar surface area (TPSA) is 81.2 Å². The molecule has 0 aliphatic heterocycles.